The Kier molecular flexibility index (Phi) is 5.40. The molecule has 2 aromatic rings. The average molecular weight is 350 g/mol. The molecule has 1 aliphatic heterocycles. The molecule has 1 heterocycles. The highest BCUT2D eigenvalue weighted by atomic mass is 16.2. The van der Waals surface area contributed by atoms with E-state index in [1.165, 1.54) is 5.56 Å². The Morgan fingerprint density at radius 3 is 2.65 bits per heavy atom. The van der Waals surface area contributed by atoms with Crippen LogP contribution in [-0.4, -0.2) is 23.3 Å². The summed E-state index contributed by atoms with van der Waals surface area (Å²) in [6.07, 6.45) is 1.22. The van der Waals surface area contributed by atoms with Crippen molar-refractivity contribution in [3.05, 3.63) is 64.7 Å². The number of anilines is 1. The summed E-state index contributed by atoms with van der Waals surface area (Å²) in [4.78, 5) is 26.5. The second-order valence-electron chi connectivity index (χ2n) is 7.36. The van der Waals surface area contributed by atoms with E-state index in [1.807, 2.05) is 62.1 Å². The molecular weight excluding hydrogens is 324 g/mol. The molecule has 4 heteroatoms. The van der Waals surface area contributed by atoms with Gasteiger partial charge in [-0.15, -0.1) is 0 Å². The number of fused-ring (bicyclic) bond motifs is 1. The molecule has 3 rings (SSSR count). The van der Waals surface area contributed by atoms with Gasteiger partial charge >= 0.3 is 0 Å². The number of carbonyl (C=O) groups excluding carboxylic acids is 2. The normalized spacial score (nSPS) is 13.5. The summed E-state index contributed by atoms with van der Waals surface area (Å²) in [6.45, 7) is 7.27. The largest absolute Gasteiger partial charge is 0.338 e. The molecule has 0 saturated carbocycles. The lowest BCUT2D eigenvalue weighted by Crippen LogP contribution is -2.38. The highest BCUT2D eigenvalue weighted by Gasteiger charge is 2.22. The van der Waals surface area contributed by atoms with E-state index in [9.17, 15) is 9.59 Å². The third-order valence-corrected chi connectivity index (χ3v) is 4.76. The maximum absolute atomic E-state index is 12.3. The van der Waals surface area contributed by atoms with E-state index >= 15 is 0 Å². The number of aryl methyl sites for hydroxylation is 1. The molecule has 0 atom stereocenters. The van der Waals surface area contributed by atoms with Crippen LogP contribution < -0.4 is 5.32 Å². The van der Waals surface area contributed by atoms with E-state index in [0.717, 1.165) is 35.3 Å². The van der Waals surface area contributed by atoms with Crippen molar-refractivity contribution in [2.75, 3.05) is 11.9 Å². The molecule has 0 aromatic heterocycles. The third-order valence-electron chi connectivity index (χ3n) is 4.76. The average Bonchev–Trinajstić information content (AvgIpc) is 2.60. The Morgan fingerprint density at radius 2 is 1.92 bits per heavy atom. The lowest BCUT2D eigenvalue weighted by Gasteiger charge is -2.30. The van der Waals surface area contributed by atoms with Crippen LogP contribution in [0.2, 0.25) is 0 Å². The van der Waals surface area contributed by atoms with Crippen molar-refractivity contribution in [3.8, 4) is 0 Å². The van der Waals surface area contributed by atoms with E-state index in [-0.39, 0.29) is 17.7 Å². The molecular formula is C22H26N2O2. The number of carbonyl (C=O) groups is 2. The number of nitrogens with zero attached hydrogens (tertiary/aromatic N) is 1. The van der Waals surface area contributed by atoms with Gasteiger partial charge in [-0.25, -0.2) is 0 Å². The first-order valence-corrected chi connectivity index (χ1v) is 9.18. The number of benzene rings is 2. The highest BCUT2D eigenvalue weighted by Crippen LogP contribution is 2.24. The van der Waals surface area contributed by atoms with E-state index in [0.29, 0.717) is 13.0 Å². The van der Waals surface area contributed by atoms with Gasteiger partial charge in [0.2, 0.25) is 11.8 Å². The van der Waals surface area contributed by atoms with Crippen molar-refractivity contribution in [2.45, 2.75) is 40.2 Å². The van der Waals surface area contributed by atoms with Gasteiger partial charge in [0.05, 0.1) is 6.42 Å². The van der Waals surface area contributed by atoms with E-state index in [1.54, 1.807) is 0 Å². The van der Waals surface area contributed by atoms with Crippen molar-refractivity contribution in [1.82, 2.24) is 4.90 Å². The molecule has 0 fully saturated rings. The molecule has 0 saturated heterocycles. The van der Waals surface area contributed by atoms with Crippen molar-refractivity contribution < 1.29 is 9.59 Å². The van der Waals surface area contributed by atoms with Gasteiger partial charge in [-0.1, -0.05) is 49.7 Å². The van der Waals surface area contributed by atoms with Crippen molar-refractivity contribution in [3.63, 3.8) is 0 Å². The molecule has 0 radical (unpaired) electrons. The Balaban J connectivity index is 1.68. The number of nitrogens with one attached hydrogen (secondary N) is 1. The SMILES string of the molecule is Cc1cccc(CC(=O)Nc2ccc3c(c2)CN(C(=O)C(C)C)CC3)c1. The van der Waals surface area contributed by atoms with Gasteiger partial charge in [-0.3, -0.25) is 9.59 Å². The smallest absolute Gasteiger partial charge is 0.228 e. The quantitative estimate of drug-likeness (QED) is 0.914. The second kappa shape index (κ2) is 7.73. The zero-order chi connectivity index (χ0) is 18.7. The molecule has 1 aliphatic rings. The summed E-state index contributed by atoms with van der Waals surface area (Å²) in [7, 11) is 0. The lowest BCUT2D eigenvalue weighted by molar-refractivity contribution is -0.135. The van der Waals surface area contributed by atoms with Gasteiger partial charge in [0, 0.05) is 24.7 Å². The molecule has 0 spiro atoms. The fraction of sp³-hybridized carbons (Fsp3) is 0.364. The summed E-state index contributed by atoms with van der Waals surface area (Å²) in [6, 6.07) is 14.0. The Bertz CT molecular complexity index is 827. The van der Waals surface area contributed by atoms with Crippen LogP contribution >= 0.6 is 0 Å². The minimum atomic E-state index is -0.0264. The maximum atomic E-state index is 12.3. The van der Waals surface area contributed by atoms with Crippen LogP contribution in [0.3, 0.4) is 0 Å². The van der Waals surface area contributed by atoms with Gasteiger partial charge in [0.1, 0.15) is 0 Å². The van der Waals surface area contributed by atoms with Gasteiger partial charge in [0.15, 0.2) is 0 Å². The zero-order valence-corrected chi connectivity index (χ0v) is 15.7. The van der Waals surface area contributed by atoms with E-state index in [2.05, 4.69) is 11.4 Å². The van der Waals surface area contributed by atoms with E-state index < -0.39 is 0 Å². The summed E-state index contributed by atoms with van der Waals surface area (Å²) in [5, 5.41) is 2.98. The molecule has 2 aromatic carbocycles. The Labute approximate surface area is 155 Å². The first kappa shape index (κ1) is 18.2. The van der Waals surface area contributed by atoms with Crippen LogP contribution in [0, 0.1) is 12.8 Å². The summed E-state index contributed by atoms with van der Waals surface area (Å²) in [5.74, 6) is 0.166. The first-order valence-electron chi connectivity index (χ1n) is 9.18. The summed E-state index contributed by atoms with van der Waals surface area (Å²) in [5.41, 5.74) is 5.33. The molecule has 4 nitrogen and oxygen atoms in total. The monoisotopic (exact) mass is 350 g/mol. The van der Waals surface area contributed by atoms with Crippen molar-refractivity contribution in [1.29, 1.82) is 0 Å². The maximum Gasteiger partial charge on any atom is 0.228 e. The Morgan fingerprint density at radius 1 is 1.12 bits per heavy atom. The number of amides is 2. The fourth-order valence-corrected chi connectivity index (χ4v) is 3.40. The van der Waals surface area contributed by atoms with Crippen LogP contribution in [0.25, 0.3) is 0 Å². The first-order chi connectivity index (χ1) is 12.4. The predicted molar refractivity (Wildman–Crippen MR) is 104 cm³/mol. The predicted octanol–water partition coefficient (Wildman–Crippen LogP) is 3.72. The molecule has 26 heavy (non-hydrogen) atoms. The molecule has 0 bridgehead atoms. The van der Waals surface area contributed by atoms with E-state index in [4.69, 9.17) is 0 Å². The fourth-order valence-electron chi connectivity index (χ4n) is 3.40. The third kappa shape index (κ3) is 4.31. The van der Waals surface area contributed by atoms with Crippen LogP contribution in [-0.2, 0) is 29.0 Å². The Hall–Kier alpha value is -2.62. The van der Waals surface area contributed by atoms with Crippen molar-refractivity contribution in [2.24, 2.45) is 5.92 Å². The standard InChI is InChI=1S/C22H26N2O2/c1-15(2)22(26)24-10-9-18-7-8-20(13-19(18)14-24)23-21(25)12-17-6-4-5-16(3)11-17/h4-8,11,13,15H,9-10,12,14H2,1-3H3,(H,23,25). The lowest BCUT2D eigenvalue weighted by atomic mass is 9.98. The van der Waals surface area contributed by atoms with Gasteiger partial charge < -0.3 is 10.2 Å². The van der Waals surface area contributed by atoms with Crippen LogP contribution in [0.5, 0.6) is 0 Å². The summed E-state index contributed by atoms with van der Waals surface area (Å²) < 4.78 is 0. The minimum Gasteiger partial charge on any atom is -0.338 e. The van der Waals surface area contributed by atoms with Gasteiger partial charge in [0.25, 0.3) is 0 Å². The molecule has 0 aliphatic carbocycles. The molecule has 2 amide bonds. The van der Waals surface area contributed by atoms with Crippen LogP contribution in [0.15, 0.2) is 42.5 Å². The minimum absolute atomic E-state index is 0.00812. The topological polar surface area (TPSA) is 49.4 Å². The van der Waals surface area contributed by atoms with Crippen molar-refractivity contribution >= 4 is 17.5 Å². The van der Waals surface area contributed by atoms with Gasteiger partial charge in [-0.05, 0) is 42.2 Å². The zero-order valence-electron chi connectivity index (χ0n) is 15.7. The number of rotatable bonds is 4. The summed E-state index contributed by atoms with van der Waals surface area (Å²) >= 11 is 0. The molecule has 136 valence electrons. The second-order valence-corrected chi connectivity index (χ2v) is 7.36. The van der Waals surface area contributed by atoms with Crippen LogP contribution in [0.1, 0.15) is 36.1 Å². The molecule has 1 N–H and O–H groups in total. The number of hydrogen-bond donors (Lipinski definition) is 1. The molecule has 0 unspecified atom stereocenters. The van der Waals surface area contributed by atoms with Crippen LogP contribution in [0.4, 0.5) is 5.69 Å². The number of hydrogen-bond acceptors (Lipinski definition) is 2. The highest BCUT2D eigenvalue weighted by molar-refractivity contribution is 5.92. The van der Waals surface area contributed by atoms with Gasteiger partial charge in [-0.2, -0.15) is 0 Å².